The van der Waals surface area contributed by atoms with Crippen LogP contribution < -0.4 is 10.5 Å². The lowest BCUT2D eigenvalue weighted by atomic mass is 10.2. The molecule has 2 aromatic rings. The van der Waals surface area contributed by atoms with E-state index in [-0.39, 0.29) is 15.8 Å². The number of nitrogen functional groups attached to an aromatic ring is 1. The van der Waals surface area contributed by atoms with E-state index in [0.29, 0.717) is 16.5 Å². The van der Waals surface area contributed by atoms with Gasteiger partial charge in [-0.2, -0.15) is 5.26 Å². The largest absolute Gasteiger partial charge is 0.452 e. The summed E-state index contributed by atoms with van der Waals surface area (Å²) < 4.78 is 19.4. The summed E-state index contributed by atoms with van der Waals surface area (Å²) in [6.45, 7) is 0. The monoisotopic (exact) mass is 340 g/mol. The second kappa shape index (κ2) is 5.47. The molecule has 0 unspecified atom stereocenters. The molecule has 0 aliphatic rings. The molecule has 0 fully saturated rings. The highest BCUT2D eigenvalue weighted by molar-refractivity contribution is 9.10. The molecule has 19 heavy (non-hydrogen) atoms. The Bertz CT molecular complexity index is 685. The Morgan fingerprint density at radius 1 is 1.26 bits per heavy atom. The van der Waals surface area contributed by atoms with Crippen LogP contribution in [0.4, 0.5) is 10.1 Å². The Balaban J connectivity index is 2.39. The Labute approximate surface area is 122 Å². The summed E-state index contributed by atoms with van der Waals surface area (Å²) in [5.74, 6) is -0.395. The molecule has 6 heteroatoms. The van der Waals surface area contributed by atoms with Crippen molar-refractivity contribution < 1.29 is 9.13 Å². The Morgan fingerprint density at radius 3 is 2.58 bits per heavy atom. The second-order valence-corrected chi connectivity index (χ2v) is 4.86. The number of nitrogens with zero attached hydrogens (tertiary/aromatic N) is 1. The van der Waals surface area contributed by atoms with Gasteiger partial charge in [0.1, 0.15) is 6.07 Å². The molecule has 0 heterocycles. The summed E-state index contributed by atoms with van der Waals surface area (Å²) in [6.07, 6.45) is 0. The molecule has 0 aliphatic carbocycles. The van der Waals surface area contributed by atoms with Crippen molar-refractivity contribution in [2.24, 2.45) is 0 Å². The molecule has 2 N–H and O–H groups in total. The number of halogens is 3. The van der Waals surface area contributed by atoms with Gasteiger partial charge in [0.25, 0.3) is 0 Å². The zero-order chi connectivity index (χ0) is 14.0. The fourth-order valence-corrected chi connectivity index (χ4v) is 2.02. The summed E-state index contributed by atoms with van der Waals surface area (Å²) >= 11 is 8.77. The maximum Gasteiger partial charge on any atom is 0.181 e. The number of benzene rings is 2. The highest BCUT2D eigenvalue weighted by Crippen LogP contribution is 2.34. The van der Waals surface area contributed by atoms with E-state index in [1.165, 1.54) is 18.2 Å². The molecule has 0 saturated heterocycles. The first-order valence-corrected chi connectivity index (χ1v) is 6.31. The van der Waals surface area contributed by atoms with Gasteiger partial charge in [-0.05, 0) is 46.3 Å². The molecule has 2 aromatic carbocycles. The first-order chi connectivity index (χ1) is 9.02. The molecule has 3 nitrogen and oxygen atoms in total. The quantitative estimate of drug-likeness (QED) is 0.819. The lowest BCUT2D eigenvalue weighted by molar-refractivity contribution is 0.442. The minimum Gasteiger partial charge on any atom is -0.452 e. The minimum absolute atomic E-state index is 0.0279. The number of nitrogens with two attached hydrogens (primary N) is 1. The van der Waals surface area contributed by atoms with E-state index < -0.39 is 5.82 Å². The maximum absolute atomic E-state index is 14.0. The first kappa shape index (κ1) is 13.7. The lowest BCUT2D eigenvalue weighted by Crippen LogP contribution is -1.95. The van der Waals surface area contributed by atoms with E-state index in [1.54, 1.807) is 12.1 Å². The topological polar surface area (TPSA) is 59.0 Å². The van der Waals surface area contributed by atoms with E-state index in [1.807, 2.05) is 6.07 Å². The van der Waals surface area contributed by atoms with Crippen molar-refractivity contribution in [2.75, 3.05) is 5.73 Å². The van der Waals surface area contributed by atoms with Crippen LogP contribution in [-0.2, 0) is 0 Å². The van der Waals surface area contributed by atoms with Gasteiger partial charge in [-0.1, -0.05) is 11.6 Å². The Hall–Kier alpha value is -1.77. The standard InChI is InChI=1S/C13H7BrClFN2O/c14-12-7(6-17)1-3-11(13(12)16)19-10-4-2-8(15)5-9(10)18/h1-5H,18H2. The van der Waals surface area contributed by atoms with Crippen molar-refractivity contribution in [3.8, 4) is 17.6 Å². The van der Waals surface area contributed by atoms with Gasteiger partial charge >= 0.3 is 0 Å². The van der Waals surface area contributed by atoms with E-state index in [9.17, 15) is 4.39 Å². The normalized spacial score (nSPS) is 10.0. The van der Waals surface area contributed by atoms with Crippen molar-refractivity contribution in [3.63, 3.8) is 0 Å². The number of nitriles is 1. The first-order valence-electron chi connectivity index (χ1n) is 5.14. The van der Waals surface area contributed by atoms with Crippen LogP contribution in [0.2, 0.25) is 5.02 Å². The van der Waals surface area contributed by atoms with Gasteiger partial charge in [0.15, 0.2) is 17.3 Å². The predicted molar refractivity (Wildman–Crippen MR) is 74.8 cm³/mol. The van der Waals surface area contributed by atoms with E-state index >= 15 is 0 Å². The molecule has 0 bridgehead atoms. The fraction of sp³-hybridized carbons (Fsp3) is 0. The lowest BCUT2D eigenvalue weighted by Gasteiger charge is -2.10. The van der Waals surface area contributed by atoms with Gasteiger partial charge in [-0.15, -0.1) is 0 Å². The van der Waals surface area contributed by atoms with Crippen LogP contribution in [0.1, 0.15) is 5.56 Å². The van der Waals surface area contributed by atoms with Crippen LogP contribution >= 0.6 is 27.5 Å². The summed E-state index contributed by atoms with van der Waals surface area (Å²) in [4.78, 5) is 0. The number of rotatable bonds is 2. The zero-order valence-electron chi connectivity index (χ0n) is 9.45. The van der Waals surface area contributed by atoms with Crippen LogP contribution in [0.25, 0.3) is 0 Å². The smallest absolute Gasteiger partial charge is 0.181 e. The van der Waals surface area contributed by atoms with Crippen LogP contribution in [0.5, 0.6) is 11.5 Å². The average molecular weight is 342 g/mol. The fourth-order valence-electron chi connectivity index (χ4n) is 1.43. The second-order valence-electron chi connectivity index (χ2n) is 3.64. The third kappa shape index (κ3) is 2.80. The molecule has 0 spiro atoms. The molecular formula is C13H7BrClFN2O. The summed E-state index contributed by atoms with van der Waals surface area (Å²) in [7, 11) is 0. The summed E-state index contributed by atoms with van der Waals surface area (Å²) in [6, 6.07) is 9.32. The number of hydrogen-bond donors (Lipinski definition) is 1. The molecular weight excluding hydrogens is 335 g/mol. The van der Waals surface area contributed by atoms with Crippen molar-refractivity contribution in [1.82, 2.24) is 0 Å². The Kier molecular flexibility index (Phi) is 3.93. The van der Waals surface area contributed by atoms with Crippen LogP contribution in [-0.4, -0.2) is 0 Å². The van der Waals surface area contributed by atoms with Crippen molar-refractivity contribution >= 4 is 33.2 Å². The SMILES string of the molecule is N#Cc1ccc(Oc2ccc(Cl)cc2N)c(F)c1Br. The third-order valence-corrected chi connectivity index (χ3v) is 3.37. The van der Waals surface area contributed by atoms with Gasteiger partial charge in [0.2, 0.25) is 0 Å². The summed E-state index contributed by atoms with van der Waals surface area (Å²) in [5, 5.41) is 9.24. The van der Waals surface area contributed by atoms with Gasteiger partial charge in [0, 0.05) is 5.02 Å². The van der Waals surface area contributed by atoms with Crippen LogP contribution in [0.15, 0.2) is 34.8 Å². The highest BCUT2D eigenvalue weighted by Gasteiger charge is 2.14. The zero-order valence-corrected chi connectivity index (χ0v) is 11.8. The number of ether oxygens (including phenoxy) is 1. The minimum atomic E-state index is -0.659. The average Bonchev–Trinajstić information content (AvgIpc) is 2.38. The van der Waals surface area contributed by atoms with Gasteiger partial charge in [-0.25, -0.2) is 4.39 Å². The van der Waals surface area contributed by atoms with Crippen LogP contribution in [0.3, 0.4) is 0 Å². The van der Waals surface area contributed by atoms with E-state index in [2.05, 4.69) is 15.9 Å². The molecule has 0 atom stereocenters. The predicted octanol–water partition coefficient (Wildman–Crippen LogP) is 4.49. The van der Waals surface area contributed by atoms with Crippen molar-refractivity contribution in [3.05, 3.63) is 51.2 Å². The highest BCUT2D eigenvalue weighted by atomic mass is 79.9. The van der Waals surface area contributed by atoms with Crippen LogP contribution in [0, 0.1) is 17.1 Å². The maximum atomic E-state index is 14.0. The summed E-state index contributed by atoms with van der Waals surface area (Å²) in [5.41, 5.74) is 6.20. The Morgan fingerprint density at radius 2 is 1.95 bits per heavy atom. The van der Waals surface area contributed by atoms with Gasteiger partial charge in [-0.3, -0.25) is 0 Å². The van der Waals surface area contributed by atoms with E-state index in [4.69, 9.17) is 27.3 Å². The van der Waals surface area contributed by atoms with Gasteiger partial charge in [0.05, 0.1) is 15.7 Å². The van der Waals surface area contributed by atoms with Gasteiger partial charge < -0.3 is 10.5 Å². The number of anilines is 1. The molecule has 0 radical (unpaired) electrons. The molecule has 0 aliphatic heterocycles. The molecule has 2 rings (SSSR count). The molecule has 0 saturated carbocycles. The third-order valence-electron chi connectivity index (χ3n) is 2.36. The molecule has 96 valence electrons. The van der Waals surface area contributed by atoms with Crippen molar-refractivity contribution in [1.29, 1.82) is 5.26 Å². The molecule has 0 amide bonds. The van der Waals surface area contributed by atoms with Crippen molar-refractivity contribution in [2.45, 2.75) is 0 Å². The number of hydrogen-bond acceptors (Lipinski definition) is 3. The molecule has 0 aromatic heterocycles. The van der Waals surface area contributed by atoms with E-state index in [0.717, 1.165) is 0 Å².